The second-order valence-electron chi connectivity index (χ2n) is 4.00. The Bertz CT molecular complexity index is 533. The van der Waals surface area contributed by atoms with Crippen molar-refractivity contribution in [3.63, 3.8) is 0 Å². The number of hydrogen-bond donors (Lipinski definition) is 1. The summed E-state index contributed by atoms with van der Waals surface area (Å²) >= 11 is 0. The minimum atomic E-state index is -0.259. The molecular formula is C13H15FN2O. The molecule has 2 aromatic rings. The van der Waals surface area contributed by atoms with E-state index >= 15 is 0 Å². The first-order chi connectivity index (χ1) is 8.20. The van der Waals surface area contributed by atoms with Crippen LogP contribution >= 0.6 is 0 Å². The van der Waals surface area contributed by atoms with Crippen molar-refractivity contribution in [1.29, 1.82) is 0 Å². The molecule has 1 heterocycles. The number of aromatic nitrogens is 1. The van der Waals surface area contributed by atoms with Gasteiger partial charge >= 0.3 is 0 Å². The van der Waals surface area contributed by atoms with Gasteiger partial charge in [0.1, 0.15) is 12.4 Å². The number of amides is 1. The predicted molar refractivity (Wildman–Crippen MR) is 65.2 cm³/mol. The molecule has 0 aliphatic rings. The van der Waals surface area contributed by atoms with Crippen LogP contribution in [0.15, 0.2) is 30.5 Å². The number of hydrogen-bond acceptors (Lipinski definition) is 1. The summed E-state index contributed by atoms with van der Waals surface area (Å²) in [4.78, 5) is 11.6. The molecule has 0 radical (unpaired) electrons. The monoisotopic (exact) mass is 234 g/mol. The van der Waals surface area contributed by atoms with Gasteiger partial charge in [0.25, 0.3) is 0 Å². The molecular weight excluding hydrogens is 219 g/mol. The molecule has 0 aliphatic heterocycles. The van der Waals surface area contributed by atoms with Crippen LogP contribution in [0.25, 0.3) is 10.9 Å². The zero-order valence-electron chi connectivity index (χ0n) is 9.74. The van der Waals surface area contributed by atoms with E-state index < -0.39 is 0 Å². The zero-order valence-corrected chi connectivity index (χ0v) is 9.74. The normalized spacial score (nSPS) is 10.7. The van der Waals surface area contributed by atoms with Crippen LogP contribution in [0.1, 0.15) is 13.3 Å². The van der Waals surface area contributed by atoms with Crippen molar-refractivity contribution in [1.82, 2.24) is 9.88 Å². The van der Waals surface area contributed by atoms with Crippen molar-refractivity contribution < 1.29 is 9.18 Å². The fourth-order valence-corrected chi connectivity index (χ4v) is 1.78. The Hall–Kier alpha value is -1.84. The van der Waals surface area contributed by atoms with E-state index in [0.29, 0.717) is 6.54 Å². The molecule has 0 fully saturated rings. The molecule has 1 amide bonds. The molecule has 1 N–H and O–H groups in total. The largest absolute Gasteiger partial charge is 0.355 e. The number of benzene rings is 1. The highest BCUT2D eigenvalue weighted by Crippen LogP contribution is 2.16. The van der Waals surface area contributed by atoms with Crippen LogP contribution in [0.5, 0.6) is 0 Å². The van der Waals surface area contributed by atoms with Crippen LogP contribution in [0.3, 0.4) is 0 Å². The molecule has 0 saturated carbocycles. The summed E-state index contributed by atoms with van der Waals surface area (Å²) < 4.78 is 14.8. The Kier molecular flexibility index (Phi) is 3.42. The second-order valence-corrected chi connectivity index (χ2v) is 4.00. The summed E-state index contributed by atoms with van der Waals surface area (Å²) in [6.45, 7) is 2.97. The molecule has 0 atom stereocenters. The van der Waals surface area contributed by atoms with Crippen molar-refractivity contribution in [2.75, 3.05) is 6.54 Å². The molecule has 0 bridgehead atoms. The van der Waals surface area contributed by atoms with Gasteiger partial charge in [-0.2, -0.15) is 0 Å². The summed E-state index contributed by atoms with van der Waals surface area (Å²) in [7, 11) is 0. The van der Waals surface area contributed by atoms with Crippen LogP contribution in [0.2, 0.25) is 0 Å². The van der Waals surface area contributed by atoms with Gasteiger partial charge in [-0.3, -0.25) is 4.79 Å². The van der Waals surface area contributed by atoms with Crippen molar-refractivity contribution in [2.45, 2.75) is 19.9 Å². The SMILES string of the molecule is CCCNC(=O)Cn1ccc2cc(F)ccc21. The first-order valence-electron chi connectivity index (χ1n) is 5.72. The molecule has 90 valence electrons. The summed E-state index contributed by atoms with van der Waals surface area (Å²) in [6.07, 6.45) is 2.72. The second kappa shape index (κ2) is 4.99. The van der Waals surface area contributed by atoms with E-state index in [1.54, 1.807) is 12.3 Å². The lowest BCUT2D eigenvalue weighted by atomic mass is 10.2. The van der Waals surface area contributed by atoms with Crippen LogP contribution < -0.4 is 5.32 Å². The Morgan fingerprint density at radius 1 is 1.41 bits per heavy atom. The third kappa shape index (κ3) is 2.64. The number of carbonyl (C=O) groups is 1. The Morgan fingerprint density at radius 2 is 2.24 bits per heavy atom. The average molecular weight is 234 g/mol. The highest BCUT2D eigenvalue weighted by Gasteiger charge is 2.06. The first-order valence-corrected chi connectivity index (χ1v) is 5.72. The Morgan fingerprint density at radius 3 is 3.00 bits per heavy atom. The fraction of sp³-hybridized carbons (Fsp3) is 0.308. The highest BCUT2D eigenvalue weighted by atomic mass is 19.1. The first kappa shape index (κ1) is 11.6. The molecule has 3 nitrogen and oxygen atoms in total. The van der Waals surface area contributed by atoms with Crippen molar-refractivity contribution in [2.24, 2.45) is 0 Å². The zero-order chi connectivity index (χ0) is 12.3. The molecule has 1 aromatic heterocycles. The fourth-order valence-electron chi connectivity index (χ4n) is 1.78. The van der Waals surface area contributed by atoms with Gasteiger partial charge in [-0.25, -0.2) is 4.39 Å². The van der Waals surface area contributed by atoms with Gasteiger partial charge < -0.3 is 9.88 Å². The number of fused-ring (bicyclic) bond motifs is 1. The molecule has 1 aromatic carbocycles. The Labute approximate surface area is 99.2 Å². The Balaban J connectivity index is 2.16. The third-order valence-corrected chi connectivity index (χ3v) is 2.62. The van der Waals surface area contributed by atoms with Gasteiger partial charge in [-0.15, -0.1) is 0 Å². The number of rotatable bonds is 4. The summed E-state index contributed by atoms with van der Waals surface area (Å²) in [5.41, 5.74) is 0.873. The average Bonchev–Trinajstić information content (AvgIpc) is 2.69. The summed E-state index contributed by atoms with van der Waals surface area (Å²) in [5.74, 6) is -0.278. The van der Waals surface area contributed by atoms with Crippen LogP contribution in [-0.4, -0.2) is 17.0 Å². The van der Waals surface area contributed by atoms with Crippen LogP contribution in [-0.2, 0) is 11.3 Å². The lowest BCUT2D eigenvalue weighted by molar-refractivity contribution is -0.121. The smallest absolute Gasteiger partial charge is 0.239 e. The van der Waals surface area contributed by atoms with Crippen LogP contribution in [0, 0.1) is 5.82 Å². The van der Waals surface area contributed by atoms with Gasteiger partial charge in [-0.05, 0) is 30.7 Å². The van der Waals surface area contributed by atoms with E-state index in [9.17, 15) is 9.18 Å². The highest BCUT2D eigenvalue weighted by molar-refractivity contribution is 5.83. The van der Waals surface area contributed by atoms with Gasteiger partial charge in [0.15, 0.2) is 0 Å². The van der Waals surface area contributed by atoms with Crippen molar-refractivity contribution >= 4 is 16.8 Å². The van der Waals surface area contributed by atoms with E-state index in [4.69, 9.17) is 0 Å². The van der Waals surface area contributed by atoms with Gasteiger partial charge in [0.2, 0.25) is 5.91 Å². The van der Waals surface area contributed by atoms with Crippen molar-refractivity contribution in [3.8, 4) is 0 Å². The van der Waals surface area contributed by atoms with Gasteiger partial charge in [0, 0.05) is 23.6 Å². The standard InChI is InChI=1S/C13H15FN2O/c1-2-6-15-13(17)9-16-7-5-10-8-11(14)3-4-12(10)16/h3-5,7-8H,2,6,9H2,1H3,(H,15,17). The maximum Gasteiger partial charge on any atom is 0.239 e. The maximum atomic E-state index is 13.0. The van der Waals surface area contributed by atoms with E-state index in [1.807, 2.05) is 17.6 Å². The maximum absolute atomic E-state index is 13.0. The predicted octanol–water partition coefficient (Wildman–Crippen LogP) is 2.31. The minimum absolute atomic E-state index is 0.0197. The molecule has 0 unspecified atom stereocenters. The molecule has 4 heteroatoms. The quantitative estimate of drug-likeness (QED) is 0.865. The van der Waals surface area contributed by atoms with Crippen molar-refractivity contribution in [3.05, 3.63) is 36.3 Å². The topological polar surface area (TPSA) is 34.0 Å². The molecule has 0 spiro atoms. The van der Waals surface area contributed by atoms with Crippen LogP contribution in [0.4, 0.5) is 4.39 Å². The lowest BCUT2D eigenvalue weighted by Crippen LogP contribution is -2.27. The lowest BCUT2D eigenvalue weighted by Gasteiger charge is -2.06. The summed E-state index contributed by atoms with van der Waals surface area (Å²) in [5, 5.41) is 3.63. The van der Waals surface area contributed by atoms with Gasteiger partial charge in [0.05, 0.1) is 0 Å². The van der Waals surface area contributed by atoms with Gasteiger partial charge in [-0.1, -0.05) is 6.92 Å². The molecule has 0 aliphatic carbocycles. The third-order valence-electron chi connectivity index (χ3n) is 2.62. The number of halogens is 1. The number of carbonyl (C=O) groups excluding carboxylic acids is 1. The minimum Gasteiger partial charge on any atom is -0.355 e. The molecule has 0 saturated heterocycles. The van der Waals surface area contributed by atoms with E-state index in [-0.39, 0.29) is 18.3 Å². The van der Waals surface area contributed by atoms with E-state index in [2.05, 4.69) is 5.32 Å². The summed E-state index contributed by atoms with van der Waals surface area (Å²) in [6, 6.07) is 6.38. The molecule has 17 heavy (non-hydrogen) atoms. The number of nitrogens with one attached hydrogen (secondary N) is 1. The van der Waals surface area contributed by atoms with E-state index in [1.165, 1.54) is 12.1 Å². The number of nitrogens with zero attached hydrogens (tertiary/aromatic N) is 1. The van der Waals surface area contributed by atoms with E-state index in [0.717, 1.165) is 17.3 Å². The molecule has 2 rings (SSSR count).